The van der Waals surface area contributed by atoms with E-state index in [1.165, 1.54) is 3.57 Å². The average Bonchev–Trinajstić information content (AvgIpc) is 2.15. The molecule has 1 rings (SSSR count). The highest BCUT2D eigenvalue weighted by Crippen LogP contribution is 2.27. The van der Waals surface area contributed by atoms with Gasteiger partial charge in [-0.1, -0.05) is 0 Å². The minimum Gasteiger partial charge on any atom is -0.252 e. The molecule has 0 bridgehead atoms. The molecule has 0 saturated carbocycles. The van der Waals surface area contributed by atoms with Crippen molar-refractivity contribution in [1.82, 2.24) is 9.78 Å². The first-order chi connectivity index (χ1) is 5.34. The van der Waals surface area contributed by atoms with Gasteiger partial charge in [0.1, 0.15) is 4.60 Å². The molecule has 0 radical (unpaired) electrons. The molecule has 0 aliphatic carbocycles. The molecule has 0 aromatic carbocycles. The largest absolute Gasteiger partial charge is 0.252 e. The van der Waals surface area contributed by atoms with Crippen molar-refractivity contribution < 1.29 is 0 Å². The van der Waals surface area contributed by atoms with Gasteiger partial charge in [-0.15, -0.1) is 0 Å². The molecule has 1 aromatic rings. The fraction of sp³-hybridized carbons (Fsp3) is 0.625. The molecular formula is C8H12BrIN2. The van der Waals surface area contributed by atoms with Crippen molar-refractivity contribution in [3.05, 3.63) is 13.9 Å². The molecule has 1 aromatic heterocycles. The fourth-order valence-electron chi connectivity index (χ4n) is 0.925. The molecule has 0 unspecified atom stereocenters. The number of nitrogens with zero attached hydrogens (tertiary/aromatic N) is 2. The highest BCUT2D eigenvalue weighted by Gasteiger charge is 2.20. The third-order valence-corrected chi connectivity index (χ3v) is 4.34. The molecule has 0 aliphatic heterocycles. The van der Waals surface area contributed by atoms with Crippen LogP contribution in [0.4, 0.5) is 0 Å². The van der Waals surface area contributed by atoms with Gasteiger partial charge in [-0.05, 0) is 66.2 Å². The monoisotopic (exact) mass is 342 g/mol. The molecule has 12 heavy (non-hydrogen) atoms. The van der Waals surface area contributed by atoms with E-state index in [0.29, 0.717) is 0 Å². The van der Waals surface area contributed by atoms with Gasteiger partial charge in [-0.25, -0.2) is 0 Å². The average molecular weight is 343 g/mol. The molecule has 0 aliphatic rings. The molecule has 0 atom stereocenters. The van der Waals surface area contributed by atoms with Gasteiger partial charge < -0.3 is 0 Å². The summed E-state index contributed by atoms with van der Waals surface area (Å²) in [7, 11) is 0. The van der Waals surface area contributed by atoms with Crippen LogP contribution < -0.4 is 0 Å². The van der Waals surface area contributed by atoms with E-state index < -0.39 is 0 Å². The first kappa shape index (κ1) is 10.5. The second-order valence-electron chi connectivity index (χ2n) is 3.77. The van der Waals surface area contributed by atoms with E-state index >= 15 is 0 Å². The second-order valence-corrected chi connectivity index (χ2v) is 5.60. The van der Waals surface area contributed by atoms with Crippen molar-refractivity contribution in [3.8, 4) is 0 Å². The molecule has 0 N–H and O–H groups in total. The lowest BCUT2D eigenvalue weighted by molar-refractivity contribution is 0.347. The van der Waals surface area contributed by atoms with Crippen LogP contribution in [0.1, 0.15) is 26.5 Å². The van der Waals surface area contributed by atoms with E-state index in [9.17, 15) is 0 Å². The van der Waals surface area contributed by atoms with E-state index in [1.54, 1.807) is 0 Å². The molecule has 0 fully saturated rings. The summed E-state index contributed by atoms with van der Waals surface area (Å²) in [5.74, 6) is 0. The molecule has 0 amide bonds. The minimum atomic E-state index is 0.0486. The maximum atomic E-state index is 4.44. The Morgan fingerprint density at radius 1 is 1.42 bits per heavy atom. The second kappa shape index (κ2) is 3.29. The Kier molecular flexibility index (Phi) is 2.88. The van der Waals surface area contributed by atoms with E-state index in [0.717, 1.165) is 10.3 Å². The Labute approximate surface area is 95.0 Å². The van der Waals surface area contributed by atoms with Crippen LogP contribution in [0.2, 0.25) is 0 Å². The van der Waals surface area contributed by atoms with Crippen molar-refractivity contribution in [2.45, 2.75) is 33.2 Å². The van der Waals surface area contributed by atoms with Crippen LogP contribution >= 0.6 is 38.5 Å². The van der Waals surface area contributed by atoms with Crippen LogP contribution in [-0.2, 0) is 5.54 Å². The van der Waals surface area contributed by atoms with Crippen molar-refractivity contribution in [2.24, 2.45) is 0 Å². The SMILES string of the molecule is Cc1nn(C(C)(C)C)c(Br)c1I. The quantitative estimate of drug-likeness (QED) is 0.661. The molecule has 68 valence electrons. The van der Waals surface area contributed by atoms with Crippen LogP contribution in [0.5, 0.6) is 0 Å². The zero-order valence-electron chi connectivity index (χ0n) is 7.65. The molecule has 0 saturated heterocycles. The topological polar surface area (TPSA) is 17.8 Å². The highest BCUT2D eigenvalue weighted by molar-refractivity contribution is 14.1. The van der Waals surface area contributed by atoms with Crippen LogP contribution in [0, 0.1) is 10.5 Å². The van der Waals surface area contributed by atoms with E-state index in [-0.39, 0.29) is 5.54 Å². The number of aromatic nitrogens is 2. The molecule has 4 heteroatoms. The van der Waals surface area contributed by atoms with Crippen molar-refractivity contribution in [3.63, 3.8) is 0 Å². The van der Waals surface area contributed by atoms with Crippen LogP contribution in [-0.4, -0.2) is 9.78 Å². The Hall–Kier alpha value is 0.420. The lowest BCUT2D eigenvalue weighted by Gasteiger charge is -2.20. The Morgan fingerprint density at radius 3 is 2.08 bits per heavy atom. The van der Waals surface area contributed by atoms with Gasteiger partial charge in [0.05, 0.1) is 14.8 Å². The minimum absolute atomic E-state index is 0.0486. The number of halogens is 2. The van der Waals surface area contributed by atoms with E-state index in [2.05, 4.69) is 64.4 Å². The zero-order valence-corrected chi connectivity index (χ0v) is 11.4. The fourth-order valence-corrected chi connectivity index (χ4v) is 2.16. The zero-order chi connectivity index (χ0) is 9.52. The van der Waals surface area contributed by atoms with Crippen LogP contribution in [0.15, 0.2) is 4.60 Å². The summed E-state index contributed by atoms with van der Waals surface area (Å²) in [6.45, 7) is 8.44. The first-order valence-electron chi connectivity index (χ1n) is 3.75. The van der Waals surface area contributed by atoms with Gasteiger partial charge in [-0.3, -0.25) is 4.68 Å². The third kappa shape index (κ3) is 1.84. The molecule has 0 spiro atoms. The maximum Gasteiger partial charge on any atom is 0.118 e. The van der Waals surface area contributed by atoms with Gasteiger partial charge in [0.15, 0.2) is 0 Å². The van der Waals surface area contributed by atoms with Gasteiger partial charge in [0.2, 0.25) is 0 Å². The van der Waals surface area contributed by atoms with Gasteiger partial charge in [0, 0.05) is 0 Å². The molecule has 1 heterocycles. The summed E-state index contributed by atoms with van der Waals surface area (Å²) in [5, 5.41) is 4.44. The Bertz CT molecular complexity index is 299. The number of rotatable bonds is 0. The predicted octanol–water partition coefficient (Wildman–Crippen LogP) is 3.31. The summed E-state index contributed by atoms with van der Waals surface area (Å²) >= 11 is 5.83. The normalized spacial score (nSPS) is 12.2. The summed E-state index contributed by atoms with van der Waals surface area (Å²) in [6.07, 6.45) is 0. The summed E-state index contributed by atoms with van der Waals surface area (Å²) in [5.41, 5.74) is 1.13. The Morgan fingerprint density at radius 2 is 1.92 bits per heavy atom. The van der Waals surface area contributed by atoms with Gasteiger partial charge in [-0.2, -0.15) is 5.10 Å². The summed E-state index contributed by atoms with van der Waals surface area (Å²) in [4.78, 5) is 0. The third-order valence-electron chi connectivity index (χ3n) is 1.57. The van der Waals surface area contributed by atoms with Crippen molar-refractivity contribution in [1.29, 1.82) is 0 Å². The number of hydrogen-bond donors (Lipinski definition) is 0. The smallest absolute Gasteiger partial charge is 0.118 e. The molecule has 2 nitrogen and oxygen atoms in total. The highest BCUT2D eigenvalue weighted by atomic mass is 127. The summed E-state index contributed by atoms with van der Waals surface area (Å²) in [6, 6.07) is 0. The lowest BCUT2D eigenvalue weighted by Crippen LogP contribution is -2.23. The summed E-state index contributed by atoms with van der Waals surface area (Å²) < 4.78 is 4.28. The first-order valence-corrected chi connectivity index (χ1v) is 5.62. The predicted molar refractivity (Wildman–Crippen MR) is 62.4 cm³/mol. The van der Waals surface area contributed by atoms with Gasteiger partial charge >= 0.3 is 0 Å². The molecular weight excluding hydrogens is 331 g/mol. The van der Waals surface area contributed by atoms with Crippen LogP contribution in [0.3, 0.4) is 0 Å². The van der Waals surface area contributed by atoms with Crippen LogP contribution in [0.25, 0.3) is 0 Å². The standard InChI is InChI=1S/C8H12BrIN2/c1-5-6(10)7(9)12(11-5)8(2,3)4/h1-4H3. The number of hydrogen-bond acceptors (Lipinski definition) is 1. The van der Waals surface area contributed by atoms with E-state index in [1.807, 2.05) is 11.6 Å². The maximum absolute atomic E-state index is 4.44. The van der Waals surface area contributed by atoms with Gasteiger partial charge in [0.25, 0.3) is 0 Å². The van der Waals surface area contributed by atoms with Crippen molar-refractivity contribution in [2.75, 3.05) is 0 Å². The lowest BCUT2D eigenvalue weighted by atomic mass is 10.1. The Balaban J connectivity index is 3.28. The van der Waals surface area contributed by atoms with E-state index in [4.69, 9.17) is 0 Å². The number of aryl methyl sites for hydroxylation is 1. The van der Waals surface area contributed by atoms with Crippen molar-refractivity contribution >= 4 is 38.5 Å².